The van der Waals surface area contributed by atoms with Crippen LogP contribution in [0.15, 0.2) is 6.20 Å². The van der Waals surface area contributed by atoms with Gasteiger partial charge in [0.05, 0.1) is 11.8 Å². The van der Waals surface area contributed by atoms with E-state index in [2.05, 4.69) is 29.5 Å². The zero-order chi connectivity index (χ0) is 12.7. The molecule has 1 aromatic heterocycles. The monoisotopic (exact) mass is 240 g/mol. The number of aromatic nitrogens is 3. The summed E-state index contributed by atoms with van der Waals surface area (Å²) in [5.74, 6) is 0. The lowest BCUT2D eigenvalue weighted by molar-refractivity contribution is 0.106. The van der Waals surface area contributed by atoms with Crippen LogP contribution in [0.4, 0.5) is 0 Å². The van der Waals surface area contributed by atoms with Crippen LogP contribution in [-0.4, -0.2) is 40.8 Å². The van der Waals surface area contributed by atoms with Crippen molar-refractivity contribution < 1.29 is 4.74 Å². The van der Waals surface area contributed by atoms with E-state index in [1.165, 1.54) is 0 Å². The summed E-state index contributed by atoms with van der Waals surface area (Å²) < 4.78 is 7.02. The molecule has 0 amide bonds. The normalized spacial score (nSPS) is 14.8. The van der Waals surface area contributed by atoms with E-state index in [1.54, 1.807) is 11.8 Å². The average molecular weight is 240 g/mol. The molecule has 17 heavy (non-hydrogen) atoms. The van der Waals surface area contributed by atoms with Crippen molar-refractivity contribution in [3.8, 4) is 0 Å². The maximum absolute atomic E-state index is 5.27. The van der Waals surface area contributed by atoms with Crippen molar-refractivity contribution in [2.75, 3.05) is 13.7 Å². The van der Waals surface area contributed by atoms with Crippen LogP contribution in [0.5, 0.6) is 0 Å². The first-order valence-corrected chi connectivity index (χ1v) is 6.27. The van der Waals surface area contributed by atoms with Gasteiger partial charge < -0.3 is 10.1 Å². The Bertz CT molecular complexity index is 313. The van der Waals surface area contributed by atoms with Gasteiger partial charge in [-0.3, -0.25) is 4.68 Å². The number of nitrogens with zero attached hydrogens (tertiary/aromatic N) is 3. The number of hydrogen-bond acceptors (Lipinski definition) is 4. The van der Waals surface area contributed by atoms with Gasteiger partial charge in [0, 0.05) is 32.8 Å². The summed E-state index contributed by atoms with van der Waals surface area (Å²) in [5, 5.41) is 11.6. The lowest BCUT2D eigenvalue weighted by Gasteiger charge is -2.18. The van der Waals surface area contributed by atoms with E-state index in [4.69, 9.17) is 4.74 Å². The molecule has 2 atom stereocenters. The second-order valence-electron chi connectivity index (χ2n) is 4.47. The summed E-state index contributed by atoms with van der Waals surface area (Å²) in [5.41, 5.74) is 1.04. The molecule has 0 fully saturated rings. The van der Waals surface area contributed by atoms with Gasteiger partial charge in [-0.2, -0.15) is 0 Å². The minimum Gasteiger partial charge on any atom is -0.382 e. The minimum absolute atomic E-state index is 0.318. The predicted octanol–water partition coefficient (Wildman–Crippen LogP) is 1.15. The van der Waals surface area contributed by atoms with E-state index >= 15 is 0 Å². The molecule has 1 N–H and O–H groups in total. The second kappa shape index (κ2) is 7.40. The van der Waals surface area contributed by atoms with Gasteiger partial charge in [-0.15, -0.1) is 5.10 Å². The van der Waals surface area contributed by atoms with Crippen molar-refractivity contribution in [3.63, 3.8) is 0 Å². The molecule has 0 aliphatic carbocycles. The van der Waals surface area contributed by atoms with Gasteiger partial charge in [0.1, 0.15) is 0 Å². The summed E-state index contributed by atoms with van der Waals surface area (Å²) in [6, 6.07) is 0.453. The molecule has 0 radical (unpaired) electrons. The van der Waals surface area contributed by atoms with Crippen LogP contribution in [0.25, 0.3) is 0 Å². The highest BCUT2D eigenvalue weighted by Crippen LogP contribution is 2.08. The van der Waals surface area contributed by atoms with E-state index < -0.39 is 0 Å². The number of hydrogen-bond donors (Lipinski definition) is 1. The Hall–Kier alpha value is -0.940. The molecule has 1 aromatic rings. The van der Waals surface area contributed by atoms with Gasteiger partial charge in [0.15, 0.2) is 0 Å². The smallest absolute Gasteiger partial charge is 0.0842 e. The molecule has 1 rings (SSSR count). The first-order chi connectivity index (χ1) is 8.15. The van der Waals surface area contributed by atoms with Gasteiger partial charge >= 0.3 is 0 Å². The highest BCUT2D eigenvalue weighted by atomic mass is 16.5. The Balaban J connectivity index is 2.42. The first kappa shape index (κ1) is 14.1. The molecule has 1 heterocycles. The first-order valence-electron chi connectivity index (χ1n) is 6.27. The summed E-state index contributed by atoms with van der Waals surface area (Å²) >= 11 is 0. The van der Waals surface area contributed by atoms with E-state index in [9.17, 15) is 0 Å². The summed E-state index contributed by atoms with van der Waals surface area (Å²) in [7, 11) is 3.65. The Morgan fingerprint density at radius 3 is 2.76 bits per heavy atom. The van der Waals surface area contributed by atoms with Crippen LogP contribution in [0.3, 0.4) is 0 Å². The molecule has 5 nitrogen and oxygen atoms in total. The van der Waals surface area contributed by atoms with Crippen molar-refractivity contribution in [3.05, 3.63) is 11.9 Å². The molecule has 5 heteroatoms. The zero-order valence-electron chi connectivity index (χ0n) is 11.3. The van der Waals surface area contributed by atoms with Crippen molar-refractivity contribution in [2.24, 2.45) is 7.05 Å². The minimum atomic E-state index is 0.318. The quantitative estimate of drug-likeness (QED) is 0.740. The van der Waals surface area contributed by atoms with Gasteiger partial charge in [-0.25, -0.2) is 0 Å². The molecule has 0 aliphatic heterocycles. The van der Waals surface area contributed by atoms with E-state index in [-0.39, 0.29) is 0 Å². The van der Waals surface area contributed by atoms with Gasteiger partial charge in [0.25, 0.3) is 0 Å². The molecule has 0 saturated carbocycles. The molecule has 0 spiro atoms. The Kier molecular flexibility index (Phi) is 6.15. The maximum Gasteiger partial charge on any atom is 0.0842 e. The molecule has 2 unspecified atom stereocenters. The van der Waals surface area contributed by atoms with E-state index in [0.29, 0.717) is 12.1 Å². The molecule has 0 aromatic carbocycles. The molecular formula is C12H24N4O. The van der Waals surface area contributed by atoms with Crippen molar-refractivity contribution in [1.29, 1.82) is 0 Å². The van der Waals surface area contributed by atoms with Crippen LogP contribution < -0.4 is 5.32 Å². The summed E-state index contributed by atoms with van der Waals surface area (Å²) in [4.78, 5) is 0. The lowest BCUT2D eigenvalue weighted by Crippen LogP contribution is -2.32. The van der Waals surface area contributed by atoms with Crippen LogP contribution in [0, 0.1) is 0 Å². The van der Waals surface area contributed by atoms with Crippen molar-refractivity contribution in [2.45, 2.75) is 45.3 Å². The van der Waals surface area contributed by atoms with Crippen LogP contribution in [-0.2, 0) is 18.2 Å². The third kappa shape index (κ3) is 5.28. The maximum atomic E-state index is 5.27. The topological polar surface area (TPSA) is 52.0 Å². The van der Waals surface area contributed by atoms with Crippen LogP contribution >= 0.6 is 0 Å². The number of rotatable bonds is 8. The standard InChI is InChI=1S/C12H24N4O/c1-5-13-11(7-6-10(2)17-4)8-12-9-16(3)15-14-12/h9-11,13H,5-8H2,1-4H3. The number of ether oxygens (including phenoxy) is 1. The Morgan fingerprint density at radius 2 is 2.24 bits per heavy atom. The van der Waals surface area contributed by atoms with Gasteiger partial charge in [0.2, 0.25) is 0 Å². The highest BCUT2D eigenvalue weighted by Gasteiger charge is 2.12. The molecular weight excluding hydrogens is 216 g/mol. The van der Waals surface area contributed by atoms with Crippen molar-refractivity contribution in [1.82, 2.24) is 20.3 Å². The number of nitrogens with one attached hydrogen (secondary N) is 1. The van der Waals surface area contributed by atoms with Crippen molar-refractivity contribution >= 4 is 0 Å². The van der Waals surface area contributed by atoms with Gasteiger partial charge in [-0.05, 0) is 26.3 Å². The SMILES string of the molecule is CCNC(CCC(C)OC)Cc1cn(C)nn1. The largest absolute Gasteiger partial charge is 0.382 e. The highest BCUT2D eigenvalue weighted by molar-refractivity contribution is 4.95. The third-order valence-corrected chi connectivity index (χ3v) is 2.92. The number of methoxy groups -OCH3 is 1. The zero-order valence-corrected chi connectivity index (χ0v) is 11.3. The molecule has 98 valence electrons. The number of aryl methyl sites for hydroxylation is 1. The fourth-order valence-electron chi connectivity index (χ4n) is 1.86. The Morgan fingerprint density at radius 1 is 1.47 bits per heavy atom. The third-order valence-electron chi connectivity index (χ3n) is 2.92. The fourth-order valence-corrected chi connectivity index (χ4v) is 1.86. The molecule has 0 aliphatic rings. The Labute approximate surface area is 104 Å². The van der Waals surface area contributed by atoms with Crippen LogP contribution in [0.1, 0.15) is 32.4 Å². The van der Waals surface area contributed by atoms with Gasteiger partial charge in [-0.1, -0.05) is 12.1 Å². The fraction of sp³-hybridized carbons (Fsp3) is 0.833. The molecule has 0 bridgehead atoms. The average Bonchev–Trinajstić information content (AvgIpc) is 2.71. The van der Waals surface area contributed by atoms with E-state index in [1.807, 2.05) is 13.2 Å². The molecule has 0 saturated heterocycles. The number of likely N-dealkylation sites (N-methyl/N-ethyl adjacent to an activating group) is 1. The summed E-state index contributed by atoms with van der Waals surface area (Å²) in [6.07, 6.45) is 5.38. The summed E-state index contributed by atoms with van der Waals surface area (Å²) in [6.45, 7) is 5.21. The van der Waals surface area contributed by atoms with Crippen LogP contribution in [0.2, 0.25) is 0 Å². The predicted molar refractivity (Wildman–Crippen MR) is 67.9 cm³/mol. The second-order valence-corrected chi connectivity index (χ2v) is 4.47. The lowest BCUT2D eigenvalue weighted by atomic mass is 10.0. The van der Waals surface area contributed by atoms with E-state index in [0.717, 1.165) is 31.5 Å².